The van der Waals surface area contributed by atoms with Gasteiger partial charge in [-0.2, -0.15) is 0 Å². The lowest BCUT2D eigenvalue weighted by Crippen LogP contribution is -2.05. The van der Waals surface area contributed by atoms with E-state index >= 15 is 0 Å². The van der Waals surface area contributed by atoms with Gasteiger partial charge in [-0.1, -0.05) is 6.07 Å². The van der Waals surface area contributed by atoms with Crippen LogP contribution in [0.1, 0.15) is 12.5 Å². The number of sulfone groups is 1. The van der Waals surface area contributed by atoms with E-state index in [9.17, 15) is 23.6 Å². The lowest BCUT2D eigenvalue weighted by Gasteiger charge is -2.04. The van der Waals surface area contributed by atoms with E-state index in [1.807, 2.05) is 0 Å². The van der Waals surface area contributed by atoms with Gasteiger partial charge in [0.2, 0.25) is 0 Å². The molecule has 1 heterocycles. The van der Waals surface area contributed by atoms with E-state index in [4.69, 9.17) is 4.74 Å². The molecule has 0 atom stereocenters. The minimum absolute atomic E-state index is 0.102. The highest BCUT2D eigenvalue weighted by molar-refractivity contribution is 7.96. The van der Waals surface area contributed by atoms with Gasteiger partial charge in [0.15, 0.2) is 21.3 Å². The van der Waals surface area contributed by atoms with Gasteiger partial charge >= 0.3 is 0 Å². The molecule has 0 saturated carbocycles. The largest absolute Gasteiger partial charge is 0.504 e. The number of rotatable bonds is 3. The first kappa shape index (κ1) is 15.0. The number of methoxy groups -OCH3 is 1. The fourth-order valence-corrected chi connectivity index (χ4v) is 3.85. The van der Waals surface area contributed by atoms with Crippen LogP contribution in [0.2, 0.25) is 0 Å². The van der Waals surface area contributed by atoms with Gasteiger partial charge in [0.05, 0.1) is 17.8 Å². The minimum atomic E-state index is -3.72. The Morgan fingerprint density at radius 3 is 2.67 bits per heavy atom. The molecule has 0 aromatic heterocycles. The number of nitro groups is 1. The summed E-state index contributed by atoms with van der Waals surface area (Å²) < 4.78 is 29.0. The quantitative estimate of drug-likeness (QED) is 0.673. The molecule has 0 spiro atoms. The normalized spacial score (nSPS) is 19.0. The van der Waals surface area contributed by atoms with Gasteiger partial charge in [-0.25, -0.2) is 8.42 Å². The first-order chi connectivity index (χ1) is 9.76. The van der Waals surface area contributed by atoms with Crippen molar-refractivity contribution in [3.8, 4) is 11.5 Å². The van der Waals surface area contributed by atoms with Crippen LogP contribution in [0, 0.1) is 10.1 Å². The summed E-state index contributed by atoms with van der Waals surface area (Å²) >= 11 is 0. The second kappa shape index (κ2) is 5.21. The summed E-state index contributed by atoms with van der Waals surface area (Å²) in [5.41, 5.74) is 0.205. The highest BCUT2D eigenvalue weighted by Gasteiger charge is 2.39. The molecule has 1 N–H and O–H groups in total. The first-order valence-corrected chi connectivity index (χ1v) is 7.57. The van der Waals surface area contributed by atoms with Crippen molar-refractivity contribution in [2.24, 2.45) is 0 Å². The monoisotopic (exact) mass is 311 g/mol. The standard InChI is InChI=1S/C13H13NO6S/c1-8-7-21(18,19)12(13(8)14(16)17)6-9-3-4-10(15)11(5-9)20-2/h3-6,15H,7H2,1-2H3. The molecule has 0 saturated heterocycles. The number of ether oxygens (including phenoxy) is 1. The Morgan fingerprint density at radius 1 is 1.43 bits per heavy atom. The van der Waals surface area contributed by atoms with Crippen molar-refractivity contribution < 1.29 is 23.2 Å². The number of nitrogens with zero attached hydrogens (tertiary/aromatic N) is 1. The molecule has 1 aromatic carbocycles. The smallest absolute Gasteiger partial charge is 0.287 e. The van der Waals surface area contributed by atoms with E-state index in [0.29, 0.717) is 5.56 Å². The summed E-state index contributed by atoms with van der Waals surface area (Å²) in [6.07, 6.45) is 1.21. The van der Waals surface area contributed by atoms with E-state index in [2.05, 4.69) is 0 Å². The summed E-state index contributed by atoms with van der Waals surface area (Å²) in [5.74, 6) is -0.303. The van der Waals surface area contributed by atoms with Crippen molar-refractivity contribution in [2.45, 2.75) is 6.92 Å². The molecule has 0 fully saturated rings. The summed E-state index contributed by atoms with van der Waals surface area (Å²) in [7, 11) is -2.36. The Morgan fingerprint density at radius 2 is 2.10 bits per heavy atom. The van der Waals surface area contributed by atoms with Crippen molar-refractivity contribution in [3.63, 3.8) is 0 Å². The molecule has 0 amide bonds. The fraction of sp³-hybridized carbons (Fsp3) is 0.231. The average molecular weight is 311 g/mol. The van der Waals surface area contributed by atoms with Crippen LogP contribution < -0.4 is 4.74 Å². The van der Waals surface area contributed by atoms with Crippen LogP contribution in [0.5, 0.6) is 11.5 Å². The third-order valence-electron chi connectivity index (χ3n) is 3.06. The molecular weight excluding hydrogens is 298 g/mol. The van der Waals surface area contributed by atoms with Crippen LogP contribution in [0.25, 0.3) is 6.08 Å². The molecule has 112 valence electrons. The number of phenols is 1. The third kappa shape index (κ3) is 2.75. The highest BCUT2D eigenvalue weighted by Crippen LogP contribution is 2.34. The number of phenolic OH excluding ortho intramolecular Hbond substituents is 1. The summed E-state index contributed by atoms with van der Waals surface area (Å²) in [6.45, 7) is 1.42. The molecular formula is C13H13NO6S. The van der Waals surface area contributed by atoms with Crippen molar-refractivity contribution in [3.05, 3.63) is 50.1 Å². The second-order valence-electron chi connectivity index (χ2n) is 4.59. The molecule has 0 aliphatic carbocycles. The average Bonchev–Trinajstić information content (AvgIpc) is 2.61. The van der Waals surface area contributed by atoms with E-state index in [0.717, 1.165) is 0 Å². The van der Waals surface area contributed by atoms with E-state index < -0.39 is 14.8 Å². The molecule has 1 aliphatic rings. The number of benzene rings is 1. The van der Waals surface area contributed by atoms with E-state index in [1.54, 1.807) is 0 Å². The van der Waals surface area contributed by atoms with Crippen molar-refractivity contribution >= 4 is 15.9 Å². The van der Waals surface area contributed by atoms with Gasteiger partial charge in [-0.15, -0.1) is 0 Å². The maximum Gasteiger partial charge on any atom is 0.287 e. The molecule has 1 aromatic rings. The van der Waals surface area contributed by atoms with Crippen LogP contribution in [-0.2, 0) is 9.84 Å². The summed E-state index contributed by atoms with van der Waals surface area (Å²) in [5, 5.41) is 20.6. The summed E-state index contributed by atoms with van der Waals surface area (Å²) in [6, 6.07) is 4.18. The van der Waals surface area contributed by atoms with Gasteiger partial charge in [-0.3, -0.25) is 10.1 Å². The predicted octanol–water partition coefficient (Wildman–Crippen LogP) is 1.72. The molecule has 21 heavy (non-hydrogen) atoms. The molecule has 1 aliphatic heterocycles. The lowest BCUT2D eigenvalue weighted by atomic mass is 10.1. The Balaban J connectivity index is 2.60. The van der Waals surface area contributed by atoms with Crippen molar-refractivity contribution in [1.29, 1.82) is 0 Å². The topological polar surface area (TPSA) is 107 Å². The Kier molecular flexibility index (Phi) is 3.73. The Bertz CT molecular complexity index is 776. The summed E-state index contributed by atoms with van der Waals surface area (Å²) in [4.78, 5) is 10.0. The zero-order valence-electron chi connectivity index (χ0n) is 11.4. The van der Waals surface area contributed by atoms with Crippen molar-refractivity contribution in [2.75, 3.05) is 12.9 Å². The zero-order chi connectivity index (χ0) is 15.8. The predicted molar refractivity (Wildman–Crippen MR) is 76.1 cm³/mol. The molecule has 0 unspecified atom stereocenters. The zero-order valence-corrected chi connectivity index (χ0v) is 12.2. The Hall–Kier alpha value is -2.35. The van der Waals surface area contributed by atoms with E-state index in [1.165, 1.54) is 38.3 Å². The number of hydrogen-bond acceptors (Lipinski definition) is 6. The van der Waals surface area contributed by atoms with Crippen LogP contribution >= 0.6 is 0 Å². The van der Waals surface area contributed by atoms with Gasteiger partial charge in [0, 0.05) is 5.57 Å². The fourth-order valence-electron chi connectivity index (χ4n) is 2.13. The first-order valence-electron chi connectivity index (χ1n) is 5.92. The number of aromatic hydroxyl groups is 1. The molecule has 0 bridgehead atoms. The molecule has 0 radical (unpaired) electrons. The van der Waals surface area contributed by atoms with Gasteiger partial charge < -0.3 is 9.84 Å². The highest BCUT2D eigenvalue weighted by atomic mass is 32.2. The molecule has 7 nitrogen and oxygen atoms in total. The molecule has 2 rings (SSSR count). The van der Waals surface area contributed by atoms with Crippen LogP contribution in [0.3, 0.4) is 0 Å². The minimum Gasteiger partial charge on any atom is -0.504 e. The van der Waals surface area contributed by atoms with Gasteiger partial charge in [0.1, 0.15) is 4.91 Å². The van der Waals surface area contributed by atoms with Crippen LogP contribution in [0.4, 0.5) is 0 Å². The molecule has 8 heteroatoms. The van der Waals surface area contributed by atoms with Gasteiger partial charge in [-0.05, 0) is 30.7 Å². The van der Waals surface area contributed by atoms with Gasteiger partial charge in [0.25, 0.3) is 5.70 Å². The van der Waals surface area contributed by atoms with Crippen molar-refractivity contribution in [1.82, 2.24) is 0 Å². The third-order valence-corrected chi connectivity index (χ3v) is 4.86. The van der Waals surface area contributed by atoms with E-state index in [-0.39, 0.29) is 33.4 Å². The number of hydrogen-bond donors (Lipinski definition) is 1. The van der Waals surface area contributed by atoms with Crippen LogP contribution in [0.15, 0.2) is 34.4 Å². The maximum absolute atomic E-state index is 12.0. The van der Waals surface area contributed by atoms with Crippen LogP contribution in [-0.4, -0.2) is 31.3 Å². The SMILES string of the molecule is COc1cc(C=C2C([N+](=O)[O-])=C(C)CS2(=O)=O)ccc1O. The maximum atomic E-state index is 12.0. The Labute approximate surface area is 121 Å². The lowest BCUT2D eigenvalue weighted by molar-refractivity contribution is -0.420. The second-order valence-corrected chi connectivity index (χ2v) is 6.54.